The van der Waals surface area contributed by atoms with Crippen molar-refractivity contribution in [3.63, 3.8) is 0 Å². The normalized spacial score (nSPS) is 19.0. The Bertz CT molecular complexity index is 1270. The predicted molar refractivity (Wildman–Crippen MR) is 115 cm³/mol. The zero-order valence-corrected chi connectivity index (χ0v) is 19.6. The highest BCUT2D eigenvalue weighted by molar-refractivity contribution is 7.84. The summed E-state index contributed by atoms with van der Waals surface area (Å²) in [6.45, 7) is 3.75. The van der Waals surface area contributed by atoms with Crippen LogP contribution in [0.4, 0.5) is 5.13 Å². The van der Waals surface area contributed by atoms with Gasteiger partial charge in [-0.3, -0.25) is 14.1 Å². The lowest BCUT2D eigenvalue weighted by Gasteiger charge is -2.44. The lowest BCUT2D eigenvalue weighted by molar-refractivity contribution is -0.161. The molecule has 0 aliphatic carbocycles. The van der Waals surface area contributed by atoms with E-state index in [2.05, 4.69) is 25.5 Å². The molecule has 0 aromatic carbocycles. The second-order valence-corrected chi connectivity index (χ2v) is 9.72. The standard InChI is InChI=1S/C16H20N8O8S2/c1-7-18-6-19-23(7)4-9-11(13(26)24(9)34(29,30)31)21-12(25)10(8-5-33-15(17)20-8)22-32-16(2,3)14(27)28/h5-6,9,11H,4H2,1-3H3,(H2,17,20)(H,21,25)(H,27,28)(H,29,30,31)/t9-,11+/m1/s1. The molecule has 2 amide bonds. The van der Waals surface area contributed by atoms with Gasteiger partial charge in [0.15, 0.2) is 10.8 Å². The SMILES string of the molecule is Cc1ncnn1C[C@@H]1[C@H](NC(=O)C(=NOC(C)(C)C(=O)O)c2csc(N)n2)C(=O)N1S(=O)(=O)O. The van der Waals surface area contributed by atoms with E-state index in [4.69, 9.17) is 10.6 Å². The van der Waals surface area contributed by atoms with Crippen molar-refractivity contribution in [2.24, 2.45) is 5.16 Å². The fourth-order valence-electron chi connectivity index (χ4n) is 2.83. The van der Waals surface area contributed by atoms with Crippen LogP contribution in [-0.4, -0.2) is 83.3 Å². The van der Waals surface area contributed by atoms with E-state index in [1.807, 2.05) is 0 Å². The van der Waals surface area contributed by atoms with Crippen LogP contribution >= 0.6 is 11.3 Å². The highest BCUT2D eigenvalue weighted by atomic mass is 32.2. The number of amides is 2. The summed E-state index contributed by atoms with van der Waals surface area (Å²) in [7, 11) is -4.93. The maximum absolute atomic E-state index is 13.0. The Balaban J connectivity index is 1.90. The van der Waals surface area contributed by atoms with Gasteiger partial charge in [0, 0.05) is 5.38 Å². The van der Waals surface area contributed by atoms with Crippen LogP contribution in [0.1, 0.15) is 25.4 Å². The van der Waals surface area contributed by atoms with Gasteiger partial charge in [-0.15, -0.1) is 11.3 Å². The average molecular weight is 517 g/mol. The van der Waals surface area contributed by atoms with Crippen LogP contribution in [0.5, 0.6) is 0 Å². The molecule has 1 saturated heterocycles. The van der Waals surface area contributed by atoms with E-state index in [1.54, 1.807) is 6.92 Å². The van der Waals surface area contributed by atoms with Gasteiger partial charge in [-0.1, -0.05) is 5.16 Å². The molecule has 2 aromatic rings. The first-order chi connectivity index (χ1) is 15.7. The van der Waals surface area contributed by atoms with E-state index >= 15 is 0 Å². The number of aromatic nitrogens is 4. The Hall–Kier alpha value is -3.64. The van der Waals surface area contributed by atoms with Gasteiger partial charge >= 0.3 is 16.3 Å². The number of rotatable bonds is 9. The molecule has 3 heterocycles. The molecule has 0 radical (unpaired) electrons. The number of oxime groups is 1. The van der Waals surface area contributed by atoms with Gasteiger partial charge in [-0.05, 0) is 20.8 Å². The molecule has 184 valence electrons. The van der Waals surface area contributed by atoms with Crippen molar-refractivity contribution < 1.29 is 37.3 Å². The summed E-state index contributed by atoms with van der Waals surface area (Å²) in [6.07, 6.45) is 1.21. The summed E-state index contributed by atoms with van der Waals surface area (Å²) in [4.78, 5) is 49.6. The van der Waals surface area contributed by atoms with E-state index in [0.717, 1.165) is 11.3 Å². The summed E-state index contributed by atoms with van der Waals surface area (Å²) in [5.41, 5.74) is 3.22. The minimum atomic E-state index is -4.93. The Labute approximate surface area is 196 Å². The van der Waals surface area contributed by atoms with Gasteiger partial charge in [0.1, 0.15) is 23.9 Å². The van der Waals surface area contributed by atoms with Crippen LogP contribution in [0.3, 0.4) is 0 Å². The molecule has 5 N–H and O–H groups in total. The number of hydrogen-bond donors (Lipinski definition) is 4. The number of carboxylic acids is 1. The smallest absolute Gasteiger partial charge is 0.362 e. The Morgan fingerprint density at radius 1 is 1.41 bits per heavy atom. The first-order valence-corrected chi connectivity index (χ1v) is 11.7. The molecule has 2 aromatic heterocycles. The van der Waals surface area contributed by atoms with E-state index < -0.39 is 51.5 Å². The zero-order chi connectivity index (χ0) is 25.4. The zero-order valence-electron chi connectivity index (χ0n) is 17.9. The summed E-state index contributed by atoms with van der Waals surface area (Å²) in [5.74, 6) is -3.11. The average Bonchev–Trinajstić information content (AvgIpc) is 3.32. The summed E-state index contributed by atoms with van der Waals surface area (Å²) >= 11 is 0.966. The number of aryl methyl sites for hydroxylation is 1. The summed E-state index contributed by atoms with van der Waals surface area (Å²) < 4.78 is 34.3. The number of nitrogens with zero attached hydrogens (tertiary/aromatic N) is 6. The minimum Gasteiger partial charge on any atom is -0.478 e. The number of nitrogens with two attached hydrogens (primary N) is 1. The van der Waals surface area contributed by atoms with Crippen LogP contribution in [0, 0.1) is 6.92 Å². The first kappa shape index (κ1) is 25.0. The highest BCUT2D eigenvalue weighted by Gasteiger charge is 2.54. The largest absolute Gasteiger partial charge is 0.478 e. The van der Waals surface area contributed by atoms with Gasteiger partial charge in [-0.2, -0.15) is 13.5 Å². The summed E-state index contributed by atoms with van der Waals surface area (Å²) in [5, 5.41) is 20.5. The molecule has 1 aliphatic heterocycles. The highest BCUT2D eigenvalue weighted by Crippen LogP contribution is 2.25. The molecule has 1 fully saturated rings. The van der Waals surface area contributed by atoms with Crippen molar-refractivity contribution in [1.82, 2.24) is 29.4 Å². The molecule has 0 spiro atoms. The topological polar surface area (TPSA) is 232 Å². The van der Waals surface area contributed by atoms with Crippen molar-refractivity contribution in [3.05, 3.63) is 23.2 Å². The first-order valence-electron chi connectivity index (χ1n) is 9.39. The minimum absolute atomic E-state index is 0.0664. The lowest BCUT2D eigenvalue weighted by atomic mass is 9.98. The fraction of sp³-hybridized carbons (Fsp3) is 0.438. The quantitative estimate of drug-likeness (QED) is 0.128. The van der Waals surface area contributed by atoms with Crippen LogP contribution in [-0.2, 0) is 36.1 Å². The number of carboxylic acid groups (broad SMARTS) is 1. The van der Waals surface area contributed by atoms with Crippen LogP contribution in [0.15, 0.2) is 16.9 Å². The molecular weight excluding hydrogens is 496 g/mol. The number of hydrogen-bond acceptors (Lipinski definition) is 12. The maximum atomic E-state index is 13.0. The number of thiazole rings is 1. The van der Waals surface area contributed by atoms with Crippen molar-refractivity contribution >= 4 is 50.3 Å². The molecule has 34 heavy (non-hydrogen) atoms. The second-order valence-electron chi connectivity index (χ2n) is 7.54. The predicted octanol–water partition coefficient (Wildman–Crippen LogP) is -1.59. The van der Waals surface area contributed by atoms with Crippen molar-refractivity contribution in [2.75, 3.05) is 5.73 Å². The van der Waals surface area contributed by atoms with Gasteiger partial charge in [0.2, 0.25) is 5.60 Å². The van der Waals surface area contributed by atoms with Crippen LogP contribution in [0.25, 0.3) is 0 Å². The van der Waals surface area contributed by atoms with Gasteiger partial charge < -0.3 is 21.0 Å². The van der Waals surface area contributed by atoms with Crippen molar-refractivity contribution in [3.8, 4) is 0 Å². The third kappa shape index (κ3) is 4.97. The number of anilines is 1. The Morgan fingerprint density at radius 2 is 2.09 bits per heavy atom. The van der Waals surface area contributed by atoms with Gasteiger partial charge in [0.05, 0.1) is 12.6 Å². The molecule has 16 nitrogen and oxygen atoms in total. The molecule has 0 unspecified atom stereocenters. The van der Waals surface area contributed by atoms with Crippen LogP contribution < -0.4 is 11.1 Å². The van der Waals surface area contributed by atoms with Crippen molar-refractivity contribution in [1.29, 1.82) is 0 Å². The van der Waals surface area contributed by atoms with Crippen LogP contribution in [0.2, 0.25) is 0 Å². The number of aliphatic carboxylic acids is 1. The lowest BCUT2D eigenvalue weighted by Crippen LogP contribution is -2.73. The van der Waals surface area contributed by atoms with E-state index in [0.29, 0.717) is 5.82 Å². The Kier molecular flexibility index (Phi) is 6.58. The van der Waals surface area contributed by atoms with E-state index in [1.165, 1.54) is 30.2 Å². The number of carbonyl (C=O) groups is 3. The van der Waals surface area contributed by atoms with E-state index in [9.17, 15) is 32.5 Å². The molecule has 0 bridgehead atoms. The second kappa shape index (κ2) is 8.95. The molecule has 0 saturated carbocycles. The molecule has 3 rings (SSSR count). The fourth-order valence-corrected chi connectivity index (χ4v) is 4.25. The number of nitrogens with one attached hydrogen (secondary N) is 1. The molecule has 1 aliphatic rings. The third-order valence-corrected chi connectivity index (χ3v) is 6.36. The number of carbonyl (C=O) groups excluding carboxylic acids is 2. The molecule has 2 atom stereocenters. The van der Waals surface area contributed by atoms with E-state index in [-0.39, 0.29) is 21.7 Å². The van der Waals surface area contributed by atoms with Gasteiger partial charge in [0.25, 0.3) is 11.8 Å². The molecular formula is C16H20N8O8S2. The van der Waals surface area contributed by atoms with Gasteiger partial charge in [-0.25, -0.2) is 23.7 Å². The number of β-lactam (4-membered cyclic amide) rings is 1. The number of nitrogen functional groups attached to an aromatic ring is 1. The van der Waals surface area contributed by atoms with Crippen molar-refractivity contribution in [2.45, 2.75) is 45.0 Å². The Morgan fingerprint density at radius 3 is 2.59 bits per heavy atom. The summed E-state index contributed by atoms with van der Waals surface area (Å²) in [6, 6.07) is -2.66. The maximum Gasteiger partial charge on any atom is 0.362 e. The monoisotopic (exact) mass is 516 g/mol. The molecule has 18 heteroatoms. The third-order valence-electron chi connectivity index (χ3n) is 4.73.